The van der Waals surface area contributed by atoms with Crippen LogP contribution in [0.4, 0.5) is 0 Å². The van der Waals surface area contributed by atoms with Gasteiger partial charge in [0, 0.05) is 12.0 Å². The number of benzene rings is 2. The van der Waals surface area contributed by atoms with Gasteiger partial charge in [-0.2, -0.15) is 0 Å². The van der Waals surface area contributed by atoms with Gasteiger partial charge in [0.15, 0.2) is 28.8 Å². The minimum Gasteiger partial charge on any atom is -0.493 e. The van der Waals surface area contributed by atoms with Crippen molar-refractivity contribution < 1.29 is 33.3 Å². The number of rotatable bonds is 10. The van der Waals surface area contributed by atoms with E-state index in [-0.39, 0.29) is 25.2 Å². The van der Waals surface area contributed by atoms with Gasteiger partial charge in [-0.05, 0) is 42.3 Å². The number of carbonyl (C=O) groups excluding carboxylic acids is 2. The molecule has 2 aromatic carbocycles. The number of hydrogen-bond donors (Lipinski definition) is 0. The summed E-state index contributed by atoms with van der Waals surface area (Å²) in [5, 5.41) is 0. The zero-order valence-corrected chi connectivity index (χ0v) is 17.4. The molecule has 0 aliphatic rings. The lowest BCUT2D eigenvalue weighted by molar-refractivity contribution is -0.142. The Labute approximate surface area is 170 Å². The minimum atomic E-state index is -0.417. The Hall–Kier alpha value is -3.22. The molecule has 0 aromatic heterocycles. The monoisotopic (exact) mass is 402 g/mol. The summed E-state index contributed by atoms with van der Waals surface area (Å²) in [6.45, 7) is 2.00. The van der Waals surface area contributed by atoms with E-state index in [0.717, 1.165) is 5.56 Å². The number of carbonyl (C=O) groups is 2. The molecule has 0 atom stereocenters. The maximum atomic E-state index is 13.1. The molecule has 2 rings (SSSR count). The molecule has 156 valence electrons. The molecule has 0 radical (unpaired) electrons. The van der Waals surface area contributed by atoms with E-state index in [1.54, 1.807) is 44.4 Å². The lowest BCUT2D eigenvalue weighted by Crippen LogP contribution is -2.14. The zero-order chi connectivity index (χ0) is 21.4. The Balaban J connectivity index is 2.39. The highest BCUT2D eigenvalue weighted by Crippen LogP contribution is 2.32. The highest BCUT2D eigenvalue weighted by Gasteiger charge is 2.20. The van der Waals surface area contributed by atoms with Gasteiger partial charge < -0.3 is 23.7 Å². The number of ether oxygens (including phenoxy) is 5. The molecule has 0 fully saturated rings. The first-order valence-corrected chi connectivity index (χ1v) is 9.11. The van der Waals surface area contributed by atoms with Crippen LogP contribution in [0.5, 0.6) is 23.0 Å². The molecule has 0 amide bonds. The average Bonchev–Trinajstić information content (AvgIpc) is 2.73. The van der Waals surface area contributed by atoms with E-state index in [4.69, 9.17) is 23.7 Å². The zero-order valence-electron chi connectivity index (χ0n) is 17.4. The number of ketones is 1. The maximum absolute atomic E-state index is 13.1. The van der Waals surface area contributed by atoms with E-state index in [1.165, 1.54) is 21.3 Å². The Morgan fingerprint density at radius 1 is 0.759 bits per heavy atom. The molecule has 0 aliphatic carbocycles. The predicted octanol–water partition coefficient (Wildman–Crippen LogP) is 3.25. The first-order chi connectivity index (χ1) is 14.0. The second-order valence-electron chi connectivity index (χ2n) is 6.14. The molecule has 0 saturated heterocycles. The average molecular weight is 402 g/mol. The largest absolute Gasteiger partial charge is 0.493 e. The van der Waals surface area contributed by atoms with Crippen molar-refractivity contribution in [2.45, 2.75) is 19.8 Å². The van der Waals surface area contributed by atoms with Crippen molar-refractivity contribution in [1.82, 2.24) is 0 Å². The second-order valence-corrected chi connectivity index (χ2v) is 6.14. The van der Waals surface area contributed by atoms with Gasteiger partial charge in [-0.1, -0.05) is 6.07 Å². The fourth-order valence-corrected chi connectivity index (χ4v) is 2.97. The number of hydrogen-bond acceptors (Lipinski definition) is 7. The number of Topliss-reactive ketones (excluding diaryl/α,β-unsaturated/α-hetero) is 1. The molecule has 7 heteroatoms. The topological polar surface area (TPSA) is 80.3 Å². The van der Waals surface area contributed by atoms with E-state index in [1.807, 2.05) is 0 Å². The van der Waals surface area contributed by atoms with E-state index >= 15 is 0 Å². The maximum Gasteiger partial charge on any atom is 0.310 e. The molecule has 0 unspecified atom stereocenters. The summed E-state index contributed by atoms with van der Waals surface area (Å²) in [6, 6.07) is 8.52. The van der Waals surface area contributed by atoms with E-state index in [9.17, 15) is 9.59 Å². The predicted molar refractivity (Wildman–Crippen MR) is 107 cm³/mol. The first kappa shape index (κ1) is 22.1. The second kappa shape index (κ2) is 10.4. The Kier molecular flexibility index (Phi) is 7.88. The molecule has 29 heavy (non-hydrogen) atoms. The quantitative estimate of drug-likeness (QED) is 0.446. The van der Waals surface area contributed by atoms with Gasteiger partial charge in [0.2, 0.25) is 0 Å². The lowest BCUT2D eigenvalue weighted by atomic mass is 9.95. The minimum absolute atomic E-state index is 0.0405. The van der Waals surface area contributed by atoms with Crippen LogP contribution in [0, 0.1) is 0 Å². The Morgan fingerprint density at radius 2 is 1.34 bits per heavy atom. The molecule has 0 aliphatic heterocycles. The van der Waals surface area contributed by atoms with Crippen molar-refractivity contribution in [3.63, 3.8) is 0 Å². The molecule has 0 saturated carbocycles. The van der Waals surface area contributed by atoms with Gasteiger partial charge >= 0.3 is 5.97 Å². The smallest absolute Gasteiger partial charge is 0.310 e. The van der Waals surface area contributed by atoms with Crippen LogP contribution in [0.15, 0.2) is 30.3 Å². The standard InChI is InChI=1S/C22H26O7/c1-6-29-22(24)12-15-11-20(27-4)21(28-5)13-16(15)17(23)9-14-7-8-18(25-2)19(10-14)26-3/h7-8,10-11,13H,6,9,12H2,1-5H3. The van der Waals surface area contributed by atoms with Crippen molar-refractivity contribution in [2.75, 3.05) is 35.0 Å². The van der Waals surface area contributed by atoms with Crippen molar-refractivity contribution in [1.29, 1.82) is 0 Å². The van der Waals surface area contributed by atoms with Gasteiger partial charge in [0.1, 0.15) is 0 Å². The first-order valence-electron chi connectivity index (χ1n) is 9.11. The van der Waals surface area contributed by atoms with E-state index in [2.05, 4.69) is 0 Å². The van der Waals surface area contributed by atoms with Gasteiger partial charge in [-0.25, -0.2) is 0 Å². The highest BCUT2D eigenvalue weighted by atomic mass is 16.5. The van der Waals surface area contributed by atoms with E-state index in [0.29, 0.717) is 34.1 Å². The number of methoxy groups -OCH3 is 4. The van der Waals surface area contributed by atoms with Crippen LogP contribution in [0.25, 0.3) is 0 Å². The molecular weight excluding hydrogens is 376 g/mol. The summed E-state index contributed by atoms with van der Waals surface area (Å²) in [4.78, 5) is 25.1. The summed E-state index contributed by atoms with van der Waals surface area (Å²) in [7, 11) is 6.08. The Morgan fingerprint density at radius 3 is 1.93 bits per heavy atom. The molecule has 2 aromatic rings. The summed E-state index contributed by atoms with van der Waals surface area (Å²) in [5.74, 6) is 1.39. The van der Waals surface area contributed by atoms with Crippen LogP contribution in [-0.4, -0.2) is 46.8 Å². The summed E-state index contributed by atoms with van der Waals surface area (Å²) >= 11 is 0. The summed E-state index contributed by atoms with van der Waals surface area (Å²) in [5.41, 5.74) is 1.65. The van der Waals surface area contributed by atoms with E-state index < -0.39 is 5.97 Å². The van der Waals surface area contributed by atoms with Crippen molar-refractivity contribution in [2.24, 2.45) is 0 Å². The SMILES string of the molecule is CCOC(=O)Cc1cc(OC)c(OC)cc1C(=O)Cc1ccc(OC)c(OC)c1. The summed E-state index contributed by atoms with van der Waals surface area (Å²) < 4.78 is 26.2. The van der Waals surface area contributed by atoms with Crippen molar-refractivity contribution in [3.05, 3.63) is 47.0 Å². The Bertz CT molecular complexity index is 874. The lowest BCUT2D eigenvalue weighted by Gasteiger charge is -2.15. The van der Waals surface area contributed by atoms with Crippen LogP contribution in [-0.2, 0) is 22.4 Å². The van der Waals surface area contributed by atoms with Crippen LogP contribution >= 0.6 is 0 Å². The van der Waals surface area contributed by atoms with Gasteiger partial charge in [-0.15, -0.1) is 0 Å². The third-order valence-electron chi connectivity index (χ3n) is 4.36. The van der Waals surface area contributed by atoms with Crippen LogP contribution in [0.3, 0.4) is 0 Å². The van der Waals surface area contributed by atoms with Crippen LogP contribution in [0.1, 0.15) is 28.4 Å². The van der Waals surface area contributed by atoms with Gasteiger partial charge in [-0.3, -0.25) is 9.59 Å². The molecule has 0 N–H and O–H groups in total. The van der Waals surface area contributed by atoms with Gasteiger partial charge in [0.05, 0.1) is 41.5 Å². The summed E-state index contributed by atoms with van der Waals surface area (Å²) in [6.07, 6.45) is 0.0763. The molecule has 7 nitrogen and oxygen atoms in total. The third kappa shape index (κ3) is 5.40. The third-order valence-corrected chi connectivity index (χ3v) is 4.36. The van der Waals surface area contributed by atoms with Crippen molar-refractivity contribution in [3.8, 4) is 23.0 Å². The fourth-order valence-electron chi connectivity index (χ4n) is 2.97. The molecule has 0 heterocycles. The molecule has 0 spiro atoms. The highest BCUT2D eigenvalue weighted by molar-refractivity contribution is 6.00. The van der Waals surface area contributed by atoms with Crippen LogP contribution in [0.2, 0.25) is 0 Å². The normalized spacial score (nSPS) is 10.2. The fraction of sp³-hybridized carbons (Fsp3) is 0.364. The molecule has 0 bridgehead atoms. The van der Waals surface area contributed by atoms with Crippen LogP contribution < -0.4 is 18.9 Å². The van der Waals surface area contributed by atoms with Crippen molar-refractivity contribution >= 4 is 11.8 Å². The number of esters is 1. The van der Waals surface area contributed by atoms with Gasteiger partial charge in [0.25, 0.3) is 0 Å². The molecular formula is C22H26O7.